The number of nitrogens with one attached hydrogen (secondary N) is 1. The third-order valence-corrected chi connectivity index (χ3v) is 3.64. The Hall–Kier alpha value is -3.95. The molecule has 9 heteroatoms. The van der Waals surface area contributed by atoms with Crippen molar-refractivity contribution in [1.82, 2.24) is 19.7 Å². The molecule has 2 heterocycles. The number of benzene rings is 1. The van der Waals surface area contributed by atoms with E-state index in [9.17, 15) is 5.11 Å². The molecule has 0 aliphatic heterocycles. The second-order valence-electron chi connectivity index (χ2n) is 5.54. The maximum Gasteiger partial charge on any atom is 0.223 e. The maximum atomic E-state index is 9.90. The summed E-state index contributed by atoms with van der Waals surface area (Å²) >= 11 is 0. The minimum absolute atomic E-state index is 0.0393. The van der Waals surface area contributed by atoms with Gasteiger partial charge >= 0.3 is 0 Å². The Kier molecular flexibility index (Phi) is 5.26. The molecule has 0 unspecified atom stereocenters. The lowest BCUT2D eigenvalue weighted by molar-refractivity contribution is 0.311. The van der Waals surface area contributed by atoms with Gasteiger partial charge in [0.2, 0.25) is 5.95 Å². The normalized spacial score (nSPS) is 10.2. The molecule has 2 aromatic heterocycles. The molecule has 0 saturated carbocycles. The Bertz CT molecular complexity index is 1050. The summed E-state index contributed by atoms with van der Waals surface area (Å²) in [6, 6.07) is 10.2. The molecule has 0 fully saturated rings. The van der Waals surface area contributed by atoms with Crippen LogP contribution in [0.2, 0.25) is 0 Å². The number of hydrogen-bond donors (Lipinski definition) is 3. The van der Waals surface area contributed by atoms with Gasteiger partial charge in [0, 0.05) is 30.1 Å². The predicted octanol–water partition coefficient (Wildman–Crippen LogP) is 1.51. The van der Waals surface area contributed by atoms with Crippen molar-refractivity contribution in [2.45, 2.75) is 6.54 Å². The van der Waals surface area contributed by atoms with Crippen LogP contribution in [0.5, 0.6) is 5.75 Å². The lowest BCUT2D eigenvalue weighted by atomic mass is 10.0. The van der Waals surface area contributed by atoms with Gasteiger partial charge in [0.15, 0.2) is 0 Å². The molecule has 3 rings (SSSR count). The van der Waals surface area contributed by atoms with Crippen LogP contribution in [-0.2, 0) is 6.54 Å². The number of phenolic OH excluding ortho intramolecular Hbond substituents is 1. The van der Waals surface area contributed by atoms with E-state index in [1.54, 1.807) is 24.5 Å². The molecule has 1 aromatic carbocycles. The first-order valence-corrected chi connectivity index (χ1v) is 8.01. The van der Waals surface area contributed by atoms with Gasteiger partial charge in [-0.25, -0.2) is 9.97 Å². The lowest BCUT2D eigenvalue weighted by Crippen LogP contribution is -2.08. The zero-order chi connectivity index (χ0) is 19.2. The summed E-state index contributed by atoms with van der Waals surface area (Å²) in [7, 11) is 0. The molecule has 0 spiro atoms. The van der Waals surface area contributed by atoms with Crippen molar-refractivity contribution >= 4 is 5.95 Å². The van der Waals surface area contributed by atoms with Gasteiger partial charge in [-0.2, -0.15) is 15.6 Å². The number of hydrogen-bond acceptors (Lipinski definition) is 8. The number of phenols is 1. The van der Waals surface area contributed by atoms with Crippen molar-refractivity contribution in [3.63, 3.8) is 0 Å². The first kappa shape index (κ1) is 17.9. The Morgan fingerprint density at radius 3 is 2.81 bits per heavy atom. The molecule has 0 bridgehead atoms. The van der Waals surface area contributed by atoms with Crippen molar-refractivity contribution in [3.05, 3.63) is 42.2 Å². The molecule has 134 valence electrons. The van der Waals surface area contributed by atoms with Crippen LogP contribution in [0, 0.1) is 22.7 Å². The average molecular weight is 361 g/mol. The second kappa shape index (κ2) is 7.95. The summed E-state index contributed by atoms with van der Waals surface area (Å²) in [6.45, 7) is 0.291. The zero-order valence-corrected chi connectivity index (χ0v) is 14.2. The van der Waals surface area contributed by atoms with Crippen LogP contribution >= 0.6 is 0 Å². The highest BCUT2D eigenvalue weighted by atomic mass is 16.3. The minimum Gasteiger partial charge on any atom is -0.508 e. The monoisotopic (exact) mass is 361 g/mol. The Morgan fingerprint density at radius 2 is 2.07 bits per heavy atom. The van der Waals surface area contributed by atoms with Crippen LogP contribution in [0.1, 0.15) is 5.56 Å². The summed E-state index contributed by atoms with van der Waals surface area (Å²) in [6.07, 6.45) is 3.24. The van der Waals surface area contributed by atoms with Crippen molar-refractivity contribution in [3.8, 4) is 40.4 Å². The molecule has 0 radical (unpaired) electrons. The van der Waals surface area contributed by atoms with Gasteiger partial charge in [0.25, 0.3) is 0 Å². The van der Waals surface area contributed by atoms with E-state index in [2.05, 4.69) is 20.4 Å². The van der Waals surface area contributed by atoms with Crippen molar-refractivity contribution in [2.75, 3.05) is 18.5 Å². The molecule has 0 amide bonds. The maximum absolute atomic E-state index is 9.90. The number of rotatable bonds is 6. The smallest absolute Gasteiger partial charge is 0.223 e. The highest BCUT2D eigenvalue weighted by Gasteiger charge is 2.16. The standard InChI is InChI=1S/C18H15N7O2/c19-2-5-25-11-15(16-1-3-21-18(23-16)22-4-6-26)17(24-25)13-7-12(10-20)8-14(27)9-13/h1,3,7-9,11,26-27H,4-6H2,(H,21,22,23). The first-order valence-electron chi connectivity index (χ1n) is 8.01. The third kappa shape index (κ3) is 4.00. The lowest BCUT2D eigenvalue weighted by Gasteiger charge is -2.06. The number of aliphatic hydroxyl groups excluding tert-OH is 1. The highest BCUT2D eigenvalue weighted by molar-refractivity contribution is 5.80. The van der Waals surface area contributed by atoms with E-state index >= 15 is 0 Å². The molecule has 0 aliphatic rings. The third-order valence-electron chi connectivity index (χ3n) is 3.64. The summed E-state index contributed by atoms with van der Waals surface area (Å²) < 4.78 is 1.46. The van der Waals surface area contributed by atoms with Crippen LogP contribution in [-0.4, -0.2) is 43.1 Å². The average Bonchev–Trinajstić information content (AvgIpc) is 3.10. The molecule has 27 heavy (non-hydrogen) atoms. The first-order chi connectivity index (χ1) is 13.1. The summed E-state index contributed by atoms with van der Waals surface area (Å²) in [5, 5.41) is 44.3. The van der Waals surface area contributed by atoms with E-state index in [4.69, 9.17) is 15.6 Å². The quantitative estimate of drug-likeness (QED) is 0.599. The fourth-order valence-electron chi connectivity index (χ4n) is 2.55. The van der Waals surface area contributed by atoms with Gasteiger partial charge in [-0.15, -0.1) is 0 Å². The van der Waals surface area contributed by atoms with E-state index in [0.29, 0.717) is 40.6 Å². The van der Waals surface area contributed by atoms with Crippen LogP contribution < -0.4 is 5.32 Å². The predicted molar refractivity (Wildman–Crippen MR) is 96.3 cm³/mol. The minimum atomic E-state index is -0.0576. The second-order valence-corrected chi connectivity index (χ2v) is 5.54. The van der Waals surface area contributed by atoms with E-state index in [1.165, 1.54) is 16.8 Å². The van der Waals surface area contributed by atoms with E-state index in [-0.39, 0.29) is 18.9 Å². The van der Waals surface area contributed by atoms with Crippen LogP contribution in [0.25, 0.3) is 22.5 Å². The topological polar surface area (TPSA) is 144 Å². The zero-order valence-electron chi connectivity index (χ0n) is 14.2. The molecular formula is C18H15N7O2. The number of aliphatic hydroxyl groups is 1. The van der Waals surface area contributed by atoms with Crippen LogP contribution in [0.4, 0.5) is 5.95 Å². The number of nitriles is 2. The van der Waals surface area contributed by atoms with Crippen molar-refractivity contribution in [1.29, 1.82) is 10.5 Å². The van der Waals surface area contributed by atoms with Gasteiger partial charge in [-0.05, 0) is 24.3 Å². The Labute approximate surface area is 154 Å². The van der Waals surface area contributed by atoms with Crippen molar-refractivity contribution < 1.29 is 10.2 Å². The summed E-state index contributed by atoms with van der Waals surface area (Å²) in [5.74, 6) is 0.284. The van der Waals surface area contributed by atoms with Crippen LogP contribution in [0.15, 0.2) is 36.7 Å². The molecule has 0 aliphatic carbocycles. The molecule has 0 saturated heterocycles. The SMILES string of the molecule is N#CCn1cc(-c2ccnc(NCCO)n2)c(-c2cc(O)cc(C#N)c2)n1. The number of aromatic nitrogens is 4. The van der Waals surface area contributed by atoms with Crippen molar-refractivity contribution in [2.24, 2.45) is 0 Å². The van der Waals surface area contributed by atoms with Gasteiger partial charge in [0.05, 0.1) is 30.0 Å². The Balaban J connectivity index is 2.12. The fourth-order valence-corrected chi connectivity index (χ4v) is 2.55. The molecule has 3 N–H and O–H groups in total. The number of anilines is 1. The fraction of sp³-hybridized carbons (Fsp3) is 0.167. The van der Waals surface area contributed by atoms with Gasteiger partial charge < -0.3 is 15.5 Å². The van der Waals surface area contributed by atoms with Gasteiger partial charge in [-0.1, -0.05) is 0 Å². The Morgan fingerprint density at radius 1 is 1.22 bits per heavy atom. The van der Waals surface area contributed by atoms with E-state index < -0.39 is 0 Å². The van der Waals surface area contributed by atoms with E-state index in [1.807, 2.05) is 12.1 Å². The summed E-state index contributed by atoms with van der Waals surface area (Å²) in [5.41, 5.74) is 2.46. The highest BCUT2D eigenvalue weighted by Crippen LogP contribution is 2.32. The van der Waals surface area contributed by atoms with Gasteiger partial charge in [-0.3, -0.25) is 4.68 Å². The molecular weight excluding hydrogens is 346 g/mol. The van der Waals surface area contributed by atoms with Crippen LogP contribution in [0.3, 0.4) is 0 Å². The largest absolute Gasteiger partial charge is 0.508 e. The molecule has 0 atom stereocenters. The number of aromatic hydroxyl groups is 1. The molecule has 9 nitrogen and oxygen atoms in total. The summed E-state index contributed by atoms with van der Waals surface area (Å²) in [4.78, 5) is 8.50. The van der Waals surface area contributed by atoms with Gasteiger partial charge in [0.1, 0.15) is 18.0 Å². The number of nitrogens with zero attached hydrogens (tertiary/aromatic N) is 6. The molecule has 3 aromatic rings. The van der Waals surface area contributed by atoms with E-state index in [0.717, 1.165) is 0 Å².